The van der Waals surface area contributed by atoms with Crippen molar-refractivity contribution in [3.8, 4) is 0 Å². The summed E-state index contributed by atoms with van der Waals surface area (Å²) in [6.45, 7) is 7.93. The Morgan fingerprint density at radius 1 is 1.18 bits per heavy atom. The number of aliphatic hydroxyl groups excluding tert-OH is 1. The molecule has 1 aliphatic rings. The highest BCUT2D eigenvalue weighted by molar-refractivity contribution is 4.84. The van der Waals surface area contributed by atoms with E-state index in [1.807, 2.05) is 0 Å². The number of β-amino-alcohol motifs (C(OH)–C–C–N with tert-alkyl or cyclic N) is 1. The van der Waals surface area contributed by atoms with Crippen molar-refractivity contribution >= 4 is 0 Å². The van der Waals surface area contributed by atoms with Gasteiger partial charge in [-0.1, -0.05) is 20.8 Å². The van der Waals surface area contributed by atoms with Crippen LogP contribution in [0.4, 0.5) is 0 Å². The molecule has 3 N–H and O–H groups in total. The highest BCUT2D eigenvalue weighted by Gasteiger charge is 2.27. The van der Waals surface area contributed by atoms with Crippen LogP contribution in [0.5, 0.6) is 0 Å². The van der Waals surface area contributed by atoms with Gasteiger partial charge < -0.3 is 5.11 Å². The lowest BCUT2D eigenvalue weighted by Gasteiger charge is -2.37. The van der Waals surface area contributed by atoms with Gasteiger partial charge in [-0.05, 0) is 5.41 Å². The molecule has 0 aromatic rings. The van der Waals surface area contributed by atoms with Crippen molar-refractivity contribution in [2.24, 2.45) is 5.41 Å². The van der Waals surface area contributed by atoms with Gasteiger partial charge in [0.05, 0.1) is 12.3 Å². The third kappa shape index (κ3) is 2.43. The van der Waals surface area contributed by atoms with Gasteiger partial charge in [-0.15, -0.1) is 0 Å². The van der Waals surface area contributed by atoms with Crippen molar-refractivity contribution in [1.82, 2.24) is 10.6 Å². The quantitative estimate of drug-likeness (QED) is 0.462. The Hall–Kier alpha value is -0.120. The standard InChI is InChI=1S/C8H18N2O/c1-8(2,3)7-9-4-6(11)5-10-7/h6-7,9-11H,4-5H2,1-3H3. The second-order valence-corrected chi connectivity index (χ2v) is 4.27. The lowest BCUT2D eigenvalue weighted by atomic mass is 9.91. The summed E-state index contributed by atoms with van der Waals surface area (Å²) < 4.78 is 0. The Balaban J connectivity index is 2.39. The maximum absolute atomic E-state index is 9.17. The monoisotopic (exact) mass is 158 g/mol. The van der Waals surface area contributed by atoms with E-state index in [0.717, 1.165) is 0 Å². The maximum atomic E-state index is 9.17. The average Bonchev–Trinajstić information content (AvgIpc) is 1.86. The first-order chi connectivity index (χ1) is 5.00. The molecule has 0 saturated carbocycles. The number of hydrogen-bond donors (Lipinski definition) is 3. The fraction of sp³-hybridized carbons (Fsp3) is 1.00. The molecular weight excluding hydrogens is 140 g/mol. The minimum Gasteiger partial charge on any atom is -0.390 e. The minimum absolute atomic E-state index is 0.222. The average molecular weight is 158 g/mol. The molecule has 11 heavy (non-hydrogen) atoms. The highest BCUT2D eigenvalue weighted by atomic mass is 16.3. The van der Waals surface area contributed by atoms with Gasteiger partial charge in [0.2, 0.25) is 0 Å². The van der Waals surface area contributed by atoms with Crippen molar-refractivity contribution in [2.45, 2.75) is 33.0 Å². The first kappa shape index (κ1) is 8.97. The number of hydrogen-bond acceptors (Lipinski definition) is 3. The zero-order chi connectivity index (χ0) is 8.48. The molecule has 0 aromatic heterocycles. The summed E-state index contributed by atoms with van der Waals surface area (Å²) in [7, 11) is 0. The van der Waals surface area contributed by atoms with Gasteiger partial charge in [0.15, 0.2) is 0 Å². The van der Waals surface area contributed by atoms with E-state index in [9.17, 15) is 0 Å². The zero-order valence-electron chi connectivity index (χ0n) is 7.52. The summed E-state index contributed by atoms with van der Waals surface area (Å²) in [5, 5.41) is 15.7. The van der Waals surface area contributed by atoms with E-state index in [-0.39, 0.29) is 11.5 Å². The first-order valence-electron chi connectivity index (χ1n) is 4.15. The van der Waals surface area contributed by atoms with Gasteiger partial charge in [0, 0.05) is 13.1 Å². The molecule has 0 radical (unpaired) electrons. The summed E-state index contributed by atoms with van der Waals surface area (Å²) in [4.78, 5) is 0. The van der Waals surface area contributed by atoms with Crippen molar-refractivity contribution in [3.05, 3.63) is 0 Å². The van der Waals surface area contributed by atoms with E-state index in [2.05, 4.69) is 31.4 Å². The predicted octanol–water partition coefficient (Wildman–Crippen LogP) is -0.0877. The predicted molar refractivity (Wildman–Crippen MR) is 45.3 cm³/mol. The van der Waals surface area contributed by atoms with Gasteiger partial charge >= 0.3 is 0 Å². The third-order valence-electron chi connectivity index (χ3n) is 1.98. The first-order valence-corrected chi connectivity index (χ1v) is 4.15. The smallest absolute Gasteiger partial charge is 0.0789 e. The summed E-state index contributed by atoms with van der Waals surface area (Å²) in [5.74, 6) is 0. The summed E-state index contributed by atoms with van der Waals surface area (Å²) in [6.07, 6.45) is 0.0968. The molecule has 0 amide bonds. The molecule has 0 spiro atoms. The van der Waals surface area contributed by atoms with E-state index < -0.39 is 0 Å². The molecule has 1 aliphatic heterocycles. The van der Waals surface area contributed by atoms with Crippen LogP contribution in [-0.4, -0.2) is 30.5 Å². The maximum Gasteiger partial charge on any atom is 0.0789 e. The van der Waals surface area contributed by atoms with Gasteiger partial charge in [-0.2, -0.15) is 0 Å². The second-order valence-electron chi connectivity index (χ2n) is 4.27. The molecule has 0 bridgehead atoms. The van der Waals surface area contributed by atoms with Crippen LogP contribution < -0.4 is 10.6 Å². The zero-order valence-corrected chi connectivity index (χ0v) is 7.52. The molecule has 0 atom stereocenters. The molecule has 0 aromatic carbocycles. The van der Waals surface area contributed by atoms with Gasteiger partial charge in [0.25, 0.3) is 0 Å². The Labute approximate surface area is 68.2 Å². The molecule has 1 fully saturated rings. The Kier molecular flexibility index (Phi) is 2.52. The molecule has 3 heteroatoms. The van der Waals surface area contributed by atoms with Gasteiger partial charge in [-0.3, -0.25) is 10.6 Å². The van der Waals surface area contributed by atoms with Gasteiger partial charge in [0.1, 0.15) is 0 Å². The van der Waals surface area contributed by atoms with Crippen LogP contribution in [0.15, 0.2) is 0 Å². The Morgan fingerprint density at radius 3 is 2.00 bits per heavy atom. The number of aliphatic hydroxyl groups is 1. The van der Waals surface area contributed by atoms with Crippen LogP contribution in [0.3, 0.4) is 0 Å². The molecular formula is C8H18N2O. The van der Waals surface area contributed by atoms with E-state index in [0.29, 0.717) is 19.3 Å². The largest absolute Gasteiger partial charge is 0.390 e. The van der Waals surface area contributed by atoms with Crippen LogP contribution >= 0.6 is 0 Å². The fourth-order valence-corrected chi connectivity index (χ4v) is 1.26. The van der Waals surface area contributed by atoms with Crippen LogP contribution in [-0.2, 0) is 0 Å². The highest BCUT2D eigenvalue weighted by Crippen LogP contribution is 2.18. The molecule has 1 rings (SSSR count). The Morgan fingerprint density at radius 2 is 1.64 bits per heavy atom. The topological polar surface area (TPSA) is 44.3 Å². The molecule has 66 valence electrons. The molecule has 1 heterocycles. The van der Waals surface area contributed by atoms with E-state index in [1.54, 1.807) is 0 Å². The normalized spacial score (nSPS) is 33.8. The molecule has 0 aliphatic carbocycles. The van der Waals surface area contributed by atoms with Crippen molar-refractivity contribution in [2.75, 3.05) is 13.1 Å². The number of nitrogens with one attached hydrogen (secondary N) is 2. The minimum atomic E-state index is -0.228. The van der Waals surface area contributed by atoms with E-state index >= 15 is 0 Å². The van der Waals surface area contributed by atoms with Gasteiger partial charge in [-0.25, -0.2) is 0 Å². The van der Waals surface area contributed by atoms with Crippen molar-refractivity contribution in [1.29, 1.82) is 0 Å². The third-order valence-corrected chi connectivity index (χ3v) is 1.98. The second kappa shape index (κ2) is 3.09. The van der Waals surface area contributed by atoms with Crippen LogP contribution in [0.1, 0.15) is 20.8 Å². The summed E-state index contributed by atoms with van der Waals surface area (Å²) >= 11 is 0. The fourth-order valence-electron chi connectivity index (χ4n) is 1.26. The van der Waals surface area contributed by atoms with E-state index in [4.69, 9.17) is 5.11 Å². The molecule has 0 unspecified atom stereocenters. The van der Waals surface area contributed by atoms with Crippen LogP contribution in [0.25, 0.3) is 0 Å². The lowest BCUT2D eigenvalue weighted by molar-refractivity contribution is 0.0940. The van der Waals surface area contributed by atoms with Crippen LogP contribution in [0, 0.1) is 5.41 Å². The Bertz CT molecular complexity index is 123. The molecule has 1 saturated heterocycles. The van der Waals surface area contributed by atoms with Crippen molar-refractivity contribution < 1.29 is 5.11 Å². The summed E-state index contributed by atoms with van der Waals surface area (Å²) in [5.41, 5.74) is 0.222. The molecule has 3 nitrogen and oxygen atoms in total. The van der Waals surface area contributed by atoms with E-state index in [1.165, 1.54) is 0 Å². The van der Waals surface area contributed by atoms with Crippen LogP contribution in [0.2, 0.25) is 0 Å². The number of rotatable bonds is 0. The SMILES string of the molecule is CC(C)(C)C1NCC(O)CN1. The lowest BCUT2D eigenvalue weighted by Crippen LogP contribution is -2.60. The van der Waals surface area contributed by atoms with Crippen molar-refractivity contribution in [3.63, 3.8) is 0 Å². The summed E-state index contributed by atoms with van der Waals surface area (Å²) in [6, 6.07) is 0.